The molecule has 0 radical (unpaired) electrons. The maximum Gasteiger partial charge on any atom is 0.442 e. The van der Waals surface area contributed by atoms with Crippen LogP contribution in [0.3, 0.4) is 0 Å². The van der Waals surface area contributed by atoms with Crippen molar-refractivity contribution >= 4 is 30.1 Å². The number of carbonyl (C=O) groups excluding carboxylic acids is 1. The lowest BCUT2D eigenvalue weighted by Gasteiger charge is -2.32. The molecule has 0 aromatic heterocycles. The second-order valence-electron chi connectivity index (χ2n) is 4.80. The molecule has 1 N–H and O–H groups in total. The summed E-state index contributed by atoms with van der Waals surface area (Å²) in [6, 6.07) is 0.307. The van der Waals surface area contributed by atoms with Crippen LogP contribution in [0.5, 0.6) is 0 Å². The van der Waals surface area contributed by atoms with Crippen LogP contribution >= 0.6 is 24.2 Å². The molecule has 0 aromatic carbocycles. The largest absolute Gasteiger partial charge is 0.442 e. The minimum absolute atomic E-state index is 0. The minimum Gasteiger partial charge on any atom is -0.340 e. The van der Waals surface area contributed by atoms with E-state index in [0.717, 1.165) is 32.6 Å². The lowest BCUT2D eigenvalue weighted by atomic mass is 10.2. The van der Waals surface area contributed by atoms with Gasteiger partial charge in [-0.25, -0.2) is 0 Å². The number of hydrogen-bond acceptors (Lipinski definition) is 4. The van der Waals surface area contributed by atoms with Gasteiger partial charge in [0.05, 0.1) is 5.75 Å². The summed E-state index contributed by atoms with van der Waals surface area (Å²) in [7, 11) is 0. The quantitative estimate of drug-likeness (QED) is 0.841. The summed E-state index contributed by atoms with van der Waals surface area (Å²) >= 11 is -0.249. The van der Waals surface area contributed by atoms with Gasteiger partial charge in [-0.1, -0.05) is 0 Å². The van der Waals surface area contributed by atoms with E-state index in [9.17, 15) is 18.0 Å². The summed E-state index contributed by atoms with van der Waals surface area (Å²) in [5.41, 5.74) is -4.33. The fourth-order valence-corrected chi connectivity index (χ4v) is 3.02. The number of rotatable bonds is 3. The van der Waals surface area contributed by atoms with E-state index in [-0.39, 0.29) is 24.2 Å². The van der Waals surface area contributed by atoms with Gasteiger partial charge in [-0.3, -0.25) is 9.69 Å². The first-order valence-electron chi connectivity index (χ1n) is 6.39. The van der Waals surface area contributed by atoms with Crippen molar-refractivity contribution in [2.75, 3.05) is 45.0 Å². The Balaban J connectivity index is 0.00000200. The Kier molecular flexibility index (Phi) is 6.90. The van der Waals surface area contributed by atoms with Crippen LogP contribution in [0.25, 0.3) is 0 Å². The zero-order valence-electron chi connectivity index (χ0n) is 11.0. The predicted octanol–water partition coefficient (Wildman–Crippen LogP) is 1.17. The maximum atomic E-state index is 12.0. The highest BCUT2D eigenvalue weighted by Crippen LogP contribution is 2.30. The Bertz CT molecular complexity index is 327. The van der Waals surface area contributed by atoms with E-state index in [4.69, 9.17) is 0 Å². The van der Waals surface area contributed by atoms with E-state index in [1.807, 2.05) is 0 Å². The van der Waals surface area contributed by atoms with Gasteiger partial charge in [0.15, 0.2) is 0 Å². The Morgan fingerprint density at radius 1 is 1.25 bits per heavy atom. The van der Waals surface area contributed by atoms with Crippen LogP contribution < -0.4 is 5.32 Å². The van der Waals surface area contributed by atoms with E-state index in [2.05, 4.69) is 10.2 Å². The van der Waals surface area contributed by atoms with Crippen LogP contribution in [-0.4, -0.2) is 72.3 Å². The molecule has 1 amide bonds. The number of nitrogens with one attached hydrogen (secondary N) is 1. The van der Waals surface area contributed by atoms with Gasteiger partial charge < -0.3 is 10.2 Å². The fraction of sp³-hybridized carbons (Fsp3) is 0.909. The van der Waals surface area contributed by atoms with Gasteiger partial charge in [0.1, 0.15) is 0 Å². The van der Waals surface area contributed by atoms with Crippen molar-refractivity contribution in [3.05, 3.63) is 0 Å². The summed E-state index contributed by atoms with van der Waals surface area (Å²) in [4.78, 5) is 15.6. The standard InChI is InChI=1S/C11H18F3N3OS.ClH/c12-11(13,14)19-8-10(18)17-4-1-9(7-17)16-5-2-15-3-6-16;/h9,15H,1-8H2;1H. The number of nitrogens with zero attached hydrogens (tertiary/aromatic N) is 2. The highest BCUT2D eigenvalue weighted by atomic mass is 35.5. The molecular formula is C11H19ClF3N3OS. The summed E-state index contributed by atoms with van der Waals surface area (Å²) in [5.74, 6) is -0.905. The Hall–Kier alpha value is -0.180. The van der Waals surface area contributed by atoms with Gasteiger partial charge >= 0.3 is 5.51 Å². The van der Waals surface area contributed by atoms with Crippen molar-refractivity contribution in [3.8, 4) is 0 Å². The number of carbonyl (C=O) groups is 1. The van der Waals surface area contributed by atoms with Crippen molar-refractivity contribution < 1.29 is 18.0 Å². The second kappa shape index (κ2) is 7.72. The second-order valence-corrected chi connectivity index (χ2v) is 5.84. The topological polar surface area (TPSA) is 35.6 Å². The maximum absolute atomic E-state index is 12.0. The number of halogens is 4. The summed E-state index contributed by atoms with van der Waals surface area (Å²) < 4.78 is 36.1. The van der Waals surface area contributed by atoms with Gasteiger partial charge in [-0.2, -0.15) is 13.2 Å². The Morgan fingerprint density at radius 3 is 2.50 bits per heavy atom. The number of thioether (sulfide) groups is 1. The molecule has 0 bridgehead atoms. The first kappa shape index (κ1) is 17.9. The zero-order chi connectivity index (χ0) is 13.9. The molecule has 0 spiro atoms. The number of piperazine rings is 1. The van der Waals surface area contributed by atoms with Crippen molar-refractivity contribution in [1.29, 1.82) is 0 Å². The van der Waals surface area contributed by atoms with Gasteiger partial charge in [0.2, 0.25) is 5.91 Å². The number of amides is 1. The van der Waals surface area contributed by atoms with E-state index in [0.29, 0.717) is 19.1 Å². The fourth-order valence-electron chi connectivity index (χ4n) is 2.55. The normalized spacial score (nSPS) is 24.6. The Morgan fingerprint density at radius 2 is 1.90 bits per heavy atom. The molecule has 2 fully saturated rings. The van der Waals surface area contributed by atoms with E-state index in [1.54, 1.807) is 4.90 Å². The predicted molar refractivity (Wildman–Crippen MR) is 75.2 cm³/mol. The molecule has 0 aliphatic carbocycles. The van der Waals surface area contributed by atoms with Crippen molar-refractivity contribution in [1.82, 2.24) is 15.1 Å². The van der Waals surface area contributed by atoms with Crippen molar-refractivity contribution in [2.24, 2.45) is 0 Å². The molecule has 2 saturated heterocycles. The summed E-state index contributed by atoms with van der Waals surface area (Å²) in [6.45, 7) is 4.92. The molecular weight excluding hydrogens is 315 g/mol. The van der Waals surface area contributed by atoms with Crippen LogP contribution in [0, 0.1) is 0 Å². The molecule has 20 heavy (non-hydrogen) atoms. The molecule has 0 saturated carbocycles. The van der Waals surface area contributed by atoms with Crippen LogP contribution in [0.4, 0.5) is 13.2 Å². The van der Waals surface area contributed by atoms with Gasteiger partial charge in [-0.05, 0) is 18.2 Å². The monoisotopic (exact) mass is 333 g/mol. The molecule has 1 atom stereocenters. The zero-order valence-corrected chi connectivity index (χ0v) is 12.6. The van der Waals surface area contributed by atoms with Crippen LogP contribution in [-0.2, 0) is 4.79 Å². The average molecular weight is 334 g/mol. The lowest BCUT2D eigenvalue weighted by Crippen LogP contribution is -2.49. The van der Waals surface area contributed by atoms with Crippen molar-refractivity contribution in [3.63, 3.8) is 0 Å². The number of hydrogen-bond donors (Lipinski definition) is 1. The lowest BCUT2D eigenvalue weighted by molar-refractivity contribution is -0.127. The van der Waals surface area contributed by atoms with Crippen LogP contribution in [0.1, 0.15) is 6.42 Å². The molecule has 9 heteroatoms. The highest BCUT2D eigenvalue weighted by Gasteiger charge is 2.34. The van der Waals surface area contributed by atoms with Gasteiger partial charge in [0, 0.05) is 45.3 Å². The van der Waals surface area contributed by atoms with E-state index in [1.165, 1.54) is 0 Å². The Labute approximate surface area is 126 Å². The average Bonchev–Trinajstić information content (AvgIpc) is 2.86. The molecule has 0 aromatic rings. The third kappa shape index (κ3) is 5.31. The number of alkyl halides is 3. The summed E-state index contributed by atoms with van der Waals surface area (Å²) in [5, 5.41) is 3.26. The SMILES string of the molecule is Cl.O=C(CSC(F)(F)F)N1CCC(N2CCNCC2)C1. The smallest absolute Gasteiger partial charge is 0.340 e. The van der Waals surface area contributed by atoms with E-state index >= 15 is 0 Å². The molecule has 2 aliphatic heterocycles. The first-order chi connectivity index (χ1) is 8.96. The van der Waals surface area contributed by atoms with Crippen LogP contribution in [0.15, 0.2) is 0 Å². The first-order valence-corrected chi connectivity index (χ1v) is 7.37. The molecule has 2 rings (SSSR count). The van der Waals surface area contributed by atoms with E-state index < -0.39 is 17.2 Å². The third-order valence-corrected chi connectivity index (χ3v) is 4.26. The number of likely N-dealkylation sites (tertiary alicyclic amines) is 1. The van der Waals surface area contributed by atoms with Crippen molar-refractivity contribution in [2.45, 2.75) is 18.0 Å². The molecule has 2 aliphatic rings. The summed E-state index contributed by atoms with van der Waals surface area (Å²) in [6.07, 6.45) is 0.864. The third-order valence-electron chi connectivity index (χ3n) is 3.54. The minimum atomic E-state index is -4.33. The van der Waals surface area contributed by atoms with Crippen LogP contribution in [0.2, 0.25) is 0 Å². The highest BCUT2D eigenvalue weighted by molar-refractivity contribution is 8.00. The molecule has 2 heterocycles. The molecule has 4 nitrogen and oxygen atoms in total. The van der Waals surface area contributed by atoms with Gasteiger partial charge in [0.25, 0.3) is 0 Å². The molecule has 1 unspecified atom stereocenters. The van der Waals surface area contributed by atoms with Gasteiger partial charge in [-0.15, -0.1) is 12.4 Å². The molecule has 118 valence electrons.